The maximum atomic E-state index is 11.6. The third-order valence-corrected chi connectivity index (χ3v) is 6.71. The summed E-state index contributed by atoms with van der Waals surface area (Å²) < 4.78 is 2.03. The summed E-state index contributed by atoms with van der Waals surface area (Å²) in [6.07, 6.45) is 3.74. The standard InChI is InChI=1S/C28H26N4O2S/c1-18(2)19-11-13-21(14-12-19)32-26(25(30-28(32)35)23-9-3-4-15-29-23)24-10-6-16-31(24)22-8-5-7-20(17-22)27(33)34/h3-18,25-26H,1-2H3,(H,30,35)(H,33,34)/t25-,26+/m1/s1. The van der Waals surface area contributed by atoms with Crippen LogP contribution in [0.4, 0.5) is 5.69 Å². The lowest BCUT2D eigenvalue weighted by atomic mass is 9.99. The quantitative estimate of drug-likeness (QED) is 0.335. The number of thiocarbonyl (C=S) groups is 1. The second kappa shape index (κ2) is 9.35. The molecule has 1 aliphatic heterocycles. The van der Waals surface area contributed by atoms with Crippen molar-refractivity contribution in [3.8, 4) is 5.69 Å². The molecule has 6 nitrogen and oxygen atoms in total. The summed E-state index contributed by atoms with van der Waals surface area (Å²) in [5, 5.41) is 13.6. The number of nitrogens with one attached hydrogen (secondary N) is 1. The first-order valence-corrected chi connectivity index (χ1v) is 12.0. The average molecular weight is 483 g/mol. The molecule has 1 aliphatic rings. The molecular formula is C28H26N4O2S. The van der Waals surface area contributed by atoms with Crippen molar-refractivity contribution in [1.82, 2.24) is 14.9 Å². The highest BCUT2D eigenvalue weighted by atomic mass is 32.1. The number of rotatable bonds is 6. The van der Waals surface area contributed by atoms with Crippen LogP contribution in [0.3, 0.4) is 0 Å². The lowest BCUT2D eigenvalue weighted by Gasteiger charge is -2.29. The second-order valence-corrected chi connectivity index (χ2v) is 9.29. The Morgan fingerprint density at radius 1 is 1.00 bits per heavy atom. The summed E-state index contributed by atoms with van der Waals surface area (Å²) in [7, 11) is 0. The van der Waals surface area contributed by atoms with Crippen molar-refractivity contribution >= 4 is 29.0 Å². The second-order valence-electron chi connectivity index (χ2n) is 8.90. The van der Waals surface area contributed by atoms with Gasteiger partial charge in [-0.25, -0.2) is 4.79 Å². The Morgan fingerprint density at radius 3 is 2.49 bits per heavy atom. The van der Waals surface area contributed by atoms with E-state index in [4.69, 9.17) is 12.2 Å². The van der Waals surface area contributed by atoms with Gasteiger partial charge in [0.15, 0.2) is 5.11 Å². The molecule has 2 N–H and O–H groups in total. The fourth-order valence-corrected chi connectivity index (χ4v) is 4.96. The molecule has 2 aromatic heterocycles. The van der Waals surface area contributed by atoms with Gasteiger partial charge in [-0.3, -0.25) is 4.98 Å². The smallest absolute Gasteiger partial charge is 0.335 e. The van der Waals surface area contributed by atoms with Crippen LogP contribution in [0.2, 0.25) is 0 Å². The maximum Gasteiger partial charge on any atom is 0.335 e. The lowest BCUT2D eigenvalue weighted by Crippen LogP contribution is -2.30. The van der Waals surface area contributed by atoms with Crippen LogP contribution >= 0.6 is 12.2 Å². The molecule has 176 valence electrons. The first kappa shape index (κ1) is 22.8. The van der Waals surface area contributed by atoms with Crippen molar-refractivity contribution in [2.24, 2.45) is 0 Å². The summed E-state index contributed by atoms with van der Waals surface area (Å²) >= 11 is 5.85. The van der Waals surface area contributed by atoms with Gasteiger partial charge in [-0.15, -0.1) is 0 Å². The number of aromatic carboxylic acids is 1. The van der Waals surface area contributed by atoms with Crippen LogP contribution in [0, 0.1) is 0 Å². The van der Waals surface area contributed by atoms with Crippen LogP contribution in [-0.4, -0.2) is 25.7 Å². The van der Waals surface area contributed by atoms with Gasteiger partial charge in [-0.1, -0.05) is 38.1 Å². The molecule has 0 saturated carbocycles. The zero-order chi connectivity index (χ0) is 24.5. The number of benzene rings is 2. The van der Waals surface area contributed by atoms with Gasteiger partial charge >= 0.3 is 5.97 Å². The number of hydrogen-bond donors (Lipinski definition) is 2. The number of nitrogens with zero attached hydrogens (tertiary/aromatic N) is 3. The maximum absolute atomic E-state index is 11.6. The molecular weight excluding hydrogens is 456 g/mol. The molecule has 5 rings (SSSR count). The molecule has 2 atom stereocenters. The van der Waals surface area contributed by atoms with Gasteiger partial charge in [0.25, 0.3) is 0 Å². The van der Waals surface area contributed by atoms with Crippen LogP contribution < -0.4 is 10.2 Å². The van der Waals surface area contributed by atoms with Crippen LogP contribution in [-0.2, 0) is 0 Å². The van der Waals surface area contributed by atoms with Gasteiger partial charge in [0.1, 0.15) is 6.04 Å². The average Bonchev–Trinajstić information content (AvgIpc) is 3.49. The van der Waals surface area contributed by atoms with Gasteiger partial charge in [0.2, 0.25) is 0 Å². The topological polar surface area (TPSA) is 70.4 Å². The molecule has 0 spiro atoms. The minimum absolute atomic E-state index is 0.190. The van der Waals surface area contributed by atoms with E-state index in [9.17, 15) is 9.90 Å². The van der Waals surface area contributed by atoms with Crippen LogP contribution in [0.15, 0.2) is 91.3 Å². The predicted octanol–water partition coefficient (Wildman–Crippen LogP) is 5.87. The molecule has 0 radical (unpaired) electrons. The van der Waals surface area contributed by atoms with Gasteiger partial charge in [-0.2, -0.15) is 0 Å². The number of carboxylic acid groups (broad SMARTS) is 1. The third-order valence-electron chi connectivity index (χ3n) is 6.39. The largest absolute Gasteiger partial charge is 0.478 e. The summed E-state index contributed by atoms with van der Waals surface area (Å²) in [6, 6.07) is 25.0. The van der Waals surface area contributed by atoms with Crippen LogP contribution in [0.1, 0.15) is 59.2 Å². The minimum Gasteiger partial charge on any atom is -0.478 e. The number of carboxylic acids is 1. The number of aromatic nitrogens is 2. The van der Waals surface area contributed by atoms with Crippen molar-refractivity contribution < 1.29 is 9.90 Å². The van der Waals surface area contributed by atoms with E-state index in [1.54, 1.807) is 24.4 Å². The zero-order valence-electron chi connectivity index (χ0n) is 19.5. The third kappa shape index (κ3) is 4.31. The Bertz CT molecular complexity index is 1370. The SMILES string of the molecule is CC(C)c1ccc(N2C(=S)N[C@H](c3ccccn3)[C@@H]2c2cccn2-c2cccc(C(=O)O)c2)cc1. The molecule has 4 aromatic rings. The fourth-order valence-electron chi connectivity index (χ4n) is 4.61. The van der Waals surface area contributed by atoms with Crippen LogP contribution in [0.5, 0.6) is 0 Å². The zero-order valence-corrected chi connectivity index (χ0v) is 20.3. The van der Waals surface area contributed by atoms with Crippen molar-refractivity contribution in [1.29, 1.82) is 0 Å². The van der Waals surface area contributed by atoms with E-state index < -0.39 is 5.97 Å². The molecule has 1 fully saturated rings. The molecule has 0 amide bonds. The van der Waals surface area contributed by atoms with E-state index in [1.165, 1.54) is 5.56 Å². The Morgan fingerprint density at radius 2 is 1.80 bits per heavy atom. The highest BCUT2D eigenvalue weighted by Crippen LogP contribution is 2.42. The summed E-state index contributed by atoms with van der Waals surface area (Å²) in [5.74, 6) is -0.522. The molecule has 0 aliphatic carbocycles. The number of pyridine rings is 1. The fraction of sp³-hybridized carbons (Fsp3) is 0.179. The molecule has 0 unspecified atom stereocenters. The highest BCUT2D eigenvalue weighted by Gasteiger charge is 2.42. The Kier molecular flexibility index (Phi) is 6.09. The normalized spacial score (nSPS) is 17.6. The van der Waals surface area contributed by atoms with E-state index >= 15 is 0 Å². The van der Waals surface area contributed by atoms with E-state index in [1.807, 2.05) is 41.1 Å². The van der Waals surface area contributed by atoms with E-state index in [-0.39, 0.29) is 17.6 Å². The van der Waals surface area contributed by atoms with E-state index in [2.05, 4.69) is 59.4 Å². The first-order valence-electron chi connectivity index (χ1n) is 11.6. The summed E-state index contributed by atoms with van der Waals surface area (Å²) in [5.41, 5.74) is 5.12. The molecule has 35 heavy (non-hydrogen) atoms. The van der Waals surface area contributed by atoms with Gasteiger partial charge in [-0.05, 0) is 78.3 Å². The Hall–Kier alpha value is -3.97. The van der Waals surface area contributed by atoms with Gasteiger partial charge < -0.3 is 19.9 Å². The minimum atomic E-state index is -0.956. The molecule has 2 aromatic carbocycles. The Balaban J connectivity index is 1.64. The van der Waals surface area contributed by atoms with Gasteiger partial charge in [0.05, 0.1) is 17.3 Å². The first-order chi connectivity index (χ1) is 16.9. The van der Waals surface area contributed by atoms with E-state index in [0.29, 0.717) is 11.0 Å². The lowest BCUT2D eigenvalue weighted by molar-refractivity contribution is 0.0697. The van der Waals surface area contributed by atoms with E-state index in [0.717, 1.165) is 22.8 Å². The summed E-state index contributed by atoms with van der Waals surface area (Å²) in [6.45, 7) is 4.35. The number of carbonyl (C=O) groups is 1. The molecule has 7 heteroatoms. The van der Waals surface area contributed by atoms with Crippen molar-refractivity contribution in [3.63, 3.8) is 0 Å². The predicted molar refractivity (Wildman–Crippen MR) is 141 cm³/mol. The molecule has 3 heterocycles. The highest BCUT2D eigenvalue weighted by molar-refractivity contribution is 7.80. The van der Waals surface area contributed by atoms with Crippen molar-refractivity contribution in [2.75, 3.05) is 4.90 Å². The number of hydrogen-bond acceptors (Lipinski definition) is 3. The summed E-state index contributed by atoms with van der Waals surface area (Å²) in [4.78, 5) is 18.4. The van der Waals surface area contributed by atoms with Crippen LogP contribution in [0.25, 0.3) is 5.69 Å². The van der Waals surface area contributed by atoms with Crippen molar-refractivity contribution in [2.45, 2.75) is 31.8 Å². The molecule has 1 saturated heterocycles. The Labute approximate surface area is 209 Å². The molecule has 0 bridgehead atoms. The monoisotopic (exact) mass is 482 g/mol. The van der Waals surface area contributed by atoms with Crippen molar-refractivity contribution in [3.05, 3.63) is 114 Å². The number of anilines is 1. The van der Waals surface area contributed by atoms with Gasteiger partial charge in [0, 0.05) is 29.5 Å².